The molecule has 0 unspecified atom stereocenters. The fourth-order valence-electron chi connectivity index (χ4n) is 3.58. The van der Waals surface area contributed by atoms with Gasteiger partial charge in [0.2, 0.25) is 0 Å². The molecule has 0 radical (unpaired) electrons. The van der Waals surface area contributed by atoms with Crippen LogP contribution in [0, 0.1) is 23.7 Å². The highest BCUT2D eigenvalue weighted by molar-refractivity contribution is 6.17. The van der Waals surface area contributed by atoms with Crippen molar-refractivity contribution in [3.8, 4) is 0 Å². The van der Waals surface area contributed by atoms with Crippen LogP contribution in [0.15, 0.2) is 24.8 Å². The first kappa shape index (κ1) is 9.99. The topological polar surface area (TPSA) is 68.1 Å². The number of hydrogen-bond donors (Lipinski definition) is 0. The second-order valence-corrected chi connectivity index (χ2v) is 5.17. The first-order chi connectivity index (χ1) is 8.77. The number of aromatic nitrogens is 3. The molecule has 2 heterocycles. The van der Waals surface area contributed by atoms with Gasteiger partial charge >= 0.3 is 0 Å². The average molecular weight is 244 g/mol. The smallest absolute Gasteiger partial charge is 0.253 e. The SMILES string of the molecule is O=C1[C@@H]2[C@H](C(=O)N1n1cnnc1)[C@@H]1C=C[C@@H]2CC1. The lowest BCUT2D eigenvalue weighted by Crippen LogP contribution is -2.40. The number of rotatable bonds is 1. The molecule has 0 spiro atoms. The molecule has 1 saturated carbocycles. The molecule has 1 aromatic heterocycles. The Morgan fingerprint density at radius 3 is 1.89 bits per heavy atom. The van der Waals surface area contributed by atoms with Crippen LogP contribution in [0.3, 0.4) is 0 Å². The molecular weight excluding hydrogens is 232 g/mol. The number of amides is 2. The third-order valence-corrected chi connectivity index (χ3v) is 4.37. The summed E-state index contributed by atoms with van der Waals surface area (Å²) in [7, 11) is 0. The van der Waals surface area contributed by atoms with Crippen LogP contribution in [0.5, 0.6) is 0 Å². The largest absolute Gasteiger partial charge is 0.272 e. The Labute approximate surface area is 103 Å². The fourth-order valence-corrected chi connectivity index (χ4v) is 3.58. The number of carbonyl (C=O) groups excluding carboxylic acids is 2. The molecule has 6 heteroatoms. The van der Waals surface area contributed by atoms with Crippen molar-refractivity contribution in [1.82, 2.24) is 14.9 Å². The van der Waals surface area contributed by atoms with Gasteiger partial charge in [-0.2, -0.15) is 5.01 Å². The van der Waals surface area contributed by atoms with Crippen LogP contribution in [0.2, 0.25) is 0 Å². The molecule has 0 N–H and O–H groups in total. The molecular formula is C12H12N4O2. The zero-order valence-corrected chi connectivity index (χ0v) is 9.64. The Bertz CT molecular complexity index is 518. The average Bonchev–Trinajstić information content (AvgIpc) is 3.00. The van der Waals surface area contributed by atoms with E-state index in [0.29, 0.717) is 0 Å². The van der Waals surface area contributed by atoms with E-state index in [1.165, 1.54) is 22.3 Å². The monoisotopic (exact) mass is 244 g/mol. The molecule has 2 bridgehead atoms. The van der Waals surface area contributed by atoms with E-state index in [0.717, 1.165) is 12.8 Å². The quantitative estimate of drug-likeness (QED) is 0.519. The zero-order valence-electron chi connectivity index (χ0n) is 9.64. The highest BCUT2D eigenvalue weighted by Gasteiger charge is 2.57. The van der Waals surface area contributed by atoms with Gasteiger partial charge in [-0.3, -0.25) is 9.59 Å². The van der Waals surface area contributed by atoms with Gasteiger partial charge in [0.1, 0.15) is 12.7 Å². The summed E-state index contributed by atoms with van der Waals surface area (Å²) in [5, 5.41) is 8.52. The van der Waals surface area contributed by atoms with Gasteiger partial charge in [0.25, 0.3) is 11.8 Å². The minimum absolute atomic E-state index is 0.108. The van der Waals surface area contributed by atoms with Gasteiger partial charge in [0, 0.05) is 0 Å². The predicted octanol–water partition coefficient (Wildman–Crippen LogP) is 0.111. The Kier molecular flexibility index (Phi) is 1.82. The normalized spacial score (nSPS) is 37.4. The van der Waals surface area contributed by atoms with E-state index in [9.17, 15) is 9.59 Å². The lowest BCUT2D eigenvalue weighted by atomic mass is 9.63. The van der Waals surface area contributed by atoms with Crippen molar-refractivity contribution in [3.63, 3.8) is 0 Å². The maximum absolute atomic E-state index is 12.4. The third-order valence-electron chi connectivity index (χ3n) is 4.37. The van der Waals surface area contributed by atoms with Crippen molar-refractivity contribution in [2.24, 2.45) is 23.7 Å². The molecule has 1 saturated heterocycles. The van der Waals surface area contributed by atoms with Gasteiger partial charge < -0.3 is 0 Å². The zero-order chi connectivity index (χ0) is 12.3. The van der Waals surface area contributed by atoms with Crippen molar-refractivity contribution >= 4 is 11.8 Å². The van der Waals surface area contributed by atoms with Crippen molar-refractivity contribution in [2.75, 3.05) is 5.01 Å². The van der Waals surface area contributed by atoms with Gasteiger partial charge in [-0.05, 0) is 24.7 Å². The molecule has 4 aliphatic rings. The van der Waals surface area contributed by atoms with Gasteiger partial charge in [0.05, 0.1) is 11.8 Å². The lowest BCUT2D eigenvalue weighted by Gasteiger charge is -2.37. The molecule has 0 aromatic carbocycles. The summed E-state index contributed by atoms with van der Waals surface area (Å²) in [6, 6.07) is 0. The molecule has 2 fully saturated rings. The molecule has 3 aliphatic carbocycles. The maximum atomic E-state index is 12.4. The maximum Gasteiger partial charge on any atom is 0.253 e. The van der Waals surface area contributed by atoms with E-state index >= 15 is 0 Å². The van der Waals surface area contributed by atoms with Crippen LogP contribution in [0.4, 0.5) is 0 Å². The van der Waals surface area contributed by atoms with Crippen molar-refractivity contribution in [1.29, 1.82) is 0 Å². The number of nitrogens with zero attached hydrogens (tertiary/aromatic N) is 4. The van der Waals surface area contributed by atoms with E-state index in [-0.39, 0.29) is 35.5 Å². The van der Waals surface area contributed by atoms with E-state index in [4.69, 9.17) is 0 Å². The van der Waals surface area contributed by atoms with Gasteiger partial charge in [-0.15, -0.1) is 10.2 Å². The summed E-state index contributed by atoms with van der Waals surface area (Å²) in [4.78, 5) is 24.9. The first-order valence-electron chi connectivity index (χ1n) is 6.18. The Morgan fingerprint density at radius 1 is 0.944 bits per heavy atom. The highest BCUT2D eigenvalue weighted by atomic mass is 16.2. The minimum Gasteiger partial charge on any atom is -0.272 e. The summed E-state index contributed by atoms with van der Waals surface area (Å²) in [5.74, 6) is -0.129. The van der Waals surface area contributed by atoms with E-state index in [1.807, 2.05) is 0 Å². The number of fused-ring (bicyclic) bond motifs is 1. The Hall–Kier alpha value is -1.98. The molecule has 1 aromatic rings. The number of carbonyl (C=O) groups is 2. The molecule has 4 atom stereocenters. The van der Waals surface area contributed by atoms with Gasteiger partial charge in [-0.1, -0.05) is 12.2 Å². The van der Waals surface area contributed by atoms with Gasteiger partial charge in [0.15, 0.2) is 0 Å². The number of hydrogen-bond acceptors (Lipinski definition) is 4. The van der Waals surface area contributed by atoms with Crippen LogP contribution < -0.4 is 5.01 Å². The second kappa shape index (κ2) is 3.28. The summed E-state index contributed by atoms with van der Waals surface area (Å²) < 4.78 is 1.39. The Balaban J connectivity index is 1.79. The van der Waals surface area contributed by atoms with Crippen LogP contribution in [-0.4, -0.2) is 26.7 Å². The predicted molar refractivity (Wildman–Crippen MR) is 60.6 cm³/mol. The molecule has 5 rings (SSSR count). The van der Waals surface area contributed by atoms with Crippen LogP contribution in [-0.2, 0) is 9.59 Å². The van der Waals surface area contributed by atoms with Crippen LogP contribution >= 0.6 is 0 Å². The minimum atomic E-state index is -0.177. The molecule has 2 amide bonds. The summed E-state index contributed by atoms with van der Waals surface area (Å²) in [6.45, 7) is 0. The van der Waals surface area contributed by atoms with Crippen LogP contribution in [0.25, 0.3) is 0 Å². The van der Waals surface area contributed by atoms with E-state index in [2.05, 4.69) is 22.3 Å². The molecule has 18 heavy (non-hydrogen) atoms. The number of allylic oxidation sites excluding steroid dienone is 2. The summed E-state index contributed by atoms with van der Waals surface area (Å²) in [5.41, 5.74) is 0. The van der Waals surface area contributed by atoms with Gasteiger partial charge in [-0.25, -0.2) is 4.68 Å². The summed E-state index contributed by atoms with van der Waals surface area (Å²) >= 11 is 0. The first-order valence-corrected chi connectivity index (χ1v) is 6.18. The molecule has 6 nitrogen and oxygen atoms in total. The van der Waals surface area contributed by atoms with E-state index in [1.54, 1.807) is 0 Å². The van der Waals surface area contributed by atoms with Crippen molar-refractivity contribution < 1.29 is 9.59 Å². The third kappa shape index (κ3) is 1.07. The standard InChI is InChI=1S/C12H12N4O2/c17-11-9-7-1-2-8(4-3-7)10(9)12(18)16(11)15-5-13-14-6-15/h1-2,5-10H,3-4H2/t7-,8-,9-,10+/m1/s1. The Morgan fingerprint density at radius 2 is 1.44 bits per heavy atom. The van der Waals surface area contributed by atoms with Crippen LogP contribution in [0.1, 0.15) is 12.8 Å². The second-order valence-electron chi connectivity index (χ2n) is 5.17. The molecule has 1 aliphatic heterocycles. The molecule has 92 valence electrons. The fraction of sp³-hybridized carbons (Fsp3) is 0.500. The van der Waals surface area contributed by atoms with E-state index < -0.39 is 0 Å². The van der Waals surface area contributed by atoms with Crippen molar-refractivity contribution in [3.05, 3.63) is 24.8 Å². The highest BCUT2D eigenvalue weighted by Crippen LogP contribution is 2.48. The lowest BCUT2D eigenvalue weighted by molar-refractivity contribution is -0.125. The summed E-state index contributed by atoms with van der Waals surface area (Å²) in [6.07, 6.45) is 9.02. The van der Waals surface area contributed by atoms with Crippen molar-refractivity contribution in [2.45, 2.75) is 12.8 Å². The number of imide groups is 1.